The summed E-state index contributed by atoms with van der Waals surface area (Å²) in [6.07, 6.45) is -0.0658. The van der Waals surface area contributed by atoms with Crippen molar-refractivity contribution in [1.82, 2.24) is 15.1 Å². The zero-order valence-electron chi connectivity index (χ0n) is 18.1. The van der Waals surface area contributed by atoms with Gasteiger partial charge in [-0.1, -0.05) is 0 Å². The average molecular weight is 466 g/mol. The lowest BCUT2D eigenvalue weighted by molar-refractivity contribution is 0.105. The van der Waals surface area contributed by atoms with Crippen LogP contribution in [0.25, 0.3) is 0 Å². The van der Waals surface area contributed by atoms with Gasteiger partial charge >= 0.3 is 12.2 Å². The third-order valence-electron chi connectivity index (χ3n) is 5.89. The summed E-state index contributed by atoms with van der Waals surface area (Å²) in [4.78, 5) is 31.2. The van der Waals surface area contributed by atoms with E-state index in [4.69, 9.17) is 21.7 Å². The fraction of sp³-hybridized carbons (Fsp3) is 0.571. The molecule has 1 aromatic rings. The number of halogens is 1. The standard InChI is InChI=1S/C21H28FN5O4S/c1-2-30-20(28)26-10-8-24(9-11-26)18-5-4-15(12-17(18)22)27-14-16(31-21(27)29)13-23-19(32)25-6-3-7-25/h4-5,12,16H,2-3,6-11,13-14H2,1H3,(H,23,32). The van der Waals surface area contributed by atoms with E-state index in [0.29, 0.717) is 62.4 Å². The van der Waals surface area contributed by atoms with Crippen molar-refractivity contribution in [2.24, 2.45) is 0 Å². The van der Waals surface area contributed by atoms with Crippen molar-refractivity contribution in [1.29, 1.82) is 0 Å². The molecular formula is C21H28FN5O4S. The predicted molar refractivity (Wildman–Crippen MR) is 122 cm³/mol. The first-order valence-electron chi connectivity index (χ1n) is 10.9. The van der Waals surface area contributed by atoms with Gasteiger partial charge in [0.1, 0.15) is 11.9 Å². The number of nitrogens with zero attached hydrogens (tertiary/aromatic N) is 4. The largest absolute Gasteiger partial charge is 0.450 e. The fourth-order valence-electron chi connectivity index (χ4n) is 3.94. The Bertz CT molecular complexity index is 876. The summed E-state index contributed by atoms with van der Waals surface area (Å²) in [7, 11) is 0. The van der Waals surface area contributed by atoms with E-state index in [1.165, 1.54) is 11.0 Å². The van der Waals surface area contributed by atoms with Crippen LogP contribution in [0.1, 0.15) is 13.3 Å². The van der Waals surface area contributed by atoms with Gasteiger partial charge in [-0.2, -0.15) is 0 Å². The maximum atomic E-state index is 14.9. The number of hydrogen-bond donors (Lipinski definition) is 1. The van der Waals surface area contributed by atoms with E-state index in [0.717, 1.165) is 19.5 Å². The molecule has 4 rings (SSSR count). The third kappa shape index (κ3) is 4.82. The van der Waals surface area contributed by atoms with Crippen molar-refractivity contribution in [3.05, 3.63) is 24.0 Å². The van der Waals surface area contributed by atoms with Crippen LogP contribution >= 0.6 is 12.2 Å². The van der Waals surface area contributed by atoms with E-state index in [2.05, 4.69) is 10.2 Å². The van der Waals surface area contributed by atoms with Crippen molar-refractivity contribution in [3.8, 4) is 0 Å². The zero-order valence-corrected chi connectivity index (χ0v) is 18.9. The number of hydrogen-bond acceptors (Lipinski definition) is 6. The van der Waals surface area contributed by atoms with E-state index < -0.39 is 11.9 Å². The first-order valence-corrected chi connectivity index (χ1v) is 11.3. The minimum absolute atomic E-state index is 0.325. The van der Waals surface area contributed by atoms with Crippen LogP contribution in [0.2, 0.25) is 0 Å². The Morgan fingerprint density at radius 2 is 1.97 bits per heavy atom. The Morgan fingerprint density at radius 3 is 2.59 bits per heavy atom. The van der Waals surface area contributed by atoms with Gasteiger partial charge in [-0.15, -0.1) is 0 Å². The van der Waals surface area contributed by atoms with Crippen molar-refractivity contribution >= 4 is 40.9 Å². The van der Waals surface area contributed by atoms with Gasteiger partial charge in [0.05, 0.1) is 31.1 Å². The number of cyclic esters (lactones) is 1. The number of ether oxygens (including phenoxy) is 2. The molecule has 3 heterocycles. The molecule has 3 aliphatic rings. The van der Waals surface area contributed by atoms with Crippen LogP contribution in [0, 0.1) is 5.82 Å². The molecule has 3 fully saturated rings. The van der Waals surface area contributed by atoms with E-state index in [1.54, 1.807) is 24.0 Å². The van der Waals surface area contributed by atoms with Gasteiger partial charge in [0.15, 0.2) is 5.11 Å². The molecule has 0 aromatic heterocycles. The van der Waals surface area contributed by atoms with Crippen molar-refractivity contribution in [2.45, 2.75) is 19.4 Å². The molecule has 0 bridgehead atoms. The normalized spacial score (nSPS) is 20.7. The molecule has 11 heteroatoms. The molecular weight excluding hydrogens is 437 g/mol. The summed E-state index contributed by atoms with van der Waals surface area (Å²) in [5.74, 6) is -0.416. The molecule has 2 amide bonds. The average Bonchev–Trinajstić information content (AvgIpc) is 3.12. The summed E-state index contributed by atoms with van der Waals surface area (Å²) in [6.45, 7) is 6.68. The van der Waals surface area contributed by atoms with Crippen LogP contribution in [0.15, 0.2) is 18.2 Å². The number of thiocarbonyl (C=S) groups is 1. The number of carbonyl (C=O) groups is 2. The second kappa shape index (κ2) is 9.76. The Kier molecular flexibility index (Phi) is 6.83. The summed E-state index contributed by atoms with van der Waals surface area (Å²) in [5, 5.41) is 3.81. The molecule has 32 heavy (non-hydrogen) atoms. The second-order valence-electron chi connectivity index (χ2n) is 7.95. The molecule has 1 N–H and O–H groups in total. The van der Waals surface area contributed by atoms with Crippen LogP contribution in [0.4, 0.5) is 25.4 Å². The first kappa shape index (κ1) is 22.4. The minimum atomic E-state index is -0.498. The van der Waals surface area contributed by atoms with Gasteiger partial charge in [0.25, 0.3) is 0 Å². The highest BCUT2D eigenvalue weighted by Gasteiger charge is 2.33. The van der Waals surface area contributed by atoms with Gasteiger partial charge < -0.3 is 29.5 Å². The minimum Gasteiger partial charge on any atom is -0.450 e. The number of piperazine rings is 1. The summed E-state index contributed by atoms with van der Waals surface area (Å²) < 4.78 is 25.4. The molecule has 9 nitrogen and oxygen atoms in total. The Hall–Kier alpha value is -2.82. The summed E-state index contributed by atoms with van der Waals surface area (Å²) in [6, 6.07) is 4.75. The monoisotopic (exact) mass is 465 g/mol. The second-order valence-corrected chi connectivity index (χ2v) is 8.34. The lowest BCUT2D eigenvalue weighted by Crippen LogP contribution is -2.49. The van der Waals surface area contributed by atoms with Gasteiger partial charge in [-0.05, 0) is 43.8 Å². The zero-order chi connectivity index (χ0) is 22.7. The summed E-state index contributed by atoms with van der Waals surface area (Å²) >= 11 is 5.32. The number of benzene rings is 1. The van der Waals surface area contributed by atoms with Gasteiger partial charge in [-0.25, -0.2) is 14.0 Å². The van der Waals surface area contributed by atoms with Gasteiger partial charge in [-0.3, -0.25) is 4.90 Å². The van der Waals surface area contributed by atoms with E-state index in [1.807, 2.05) is 4.90 Å². The van der Waals surface area contributed by atoms with E-state index >= 15 is 0 Å². The third-order valence-corrected chi connectivity index (χ3v) is 6.29. The molecule has 0 saturated carbocycles. The highest BCUT2D eigenvalue weighted by atomic mass is 32.1. The molecule has 0 spiro atoms. The van der Waals surface area contributed by atoms with Crippen LogP contribution < -0.4 is 15.1 Å². The Morgan fingerprint density at radius 1 is 1.22 bits per heavy atom. The van der Waals surface area contributed by atoms with Crippen LogP contribution in [-0.4, -0.2) is 92.2 Å². The highest BCUT2D eigenvalue weighted by molar-refractivity contribution is 7.80. The fourth-order valence-corrected chi connectivity index (χ4v) is 4.20. The molecule has 174 valence electrons. The predicted octanol–water partition coefficient (Wildman–Crippen LogP) is 2.01. The van der Waals surface area contributed by atoms with Crippen molar-refractivity contribution in [2.75, 3.05) is 68.8 Å². The Balaban J connectivity index is 1.32. The molecule has 1 aromatic carbocycles. The number of nitrogens with one attached hydrogen (secondary N) is 1. The highest BCUT2D eigenvalue weighted by Crippen LogP contribution is 2.28. The number of amides is 2. The molecule has 3 saturated heterocycles. The molecule has 1 atom stereocenters. The van der Waals surface area contributed by atoms with Crippen molar-refractivity contribution in [3.63, 3.8) is 0 Å². The first-order chi connectivity index (χ1) is 15.5. The number of anilines is 2. The molecule has 1 unspecified atom stereocenters. The summed E-state index contributed by atoms with van der Waals surface area (Å²) in [5.41, 5.74) is 0.900. The molecule has 0 radical (unpaired) electrons. The maximum Gasteiger partial charge on any atom is 0.414 e. The lowest BCUT2D eigenvalue weighted by atomic mass is 10.2. The molecule has 0 aliphatic carbocycles. The van der Waals surface area contributed by atoms with E-state index in [9.17, 15) is 14.0 Å². The van der Waals surface area contributed by atoms with Crippen molar-refractivity contribution < 1.29 is 23.5 Å². The van der Waals surface area contributed by atoms with Gasteiger partial charge in [0, 0.05) is 39.3 Å². The van der Waals surface area contributed by atoms with Crippen LogP contribution in [0.3, 0.4) is 0 Å². The molecule has 3 aliphatic heterocycles. The lowest BCUT2D eigenvalue weighted by Gasteiger charge is -2.35. The Labute approximate surface area is 192 Å². The SMILES string of the molecule is CCOC(=O)N1CCN(c2ccc(N3CC(CNC(=S)N4CCC4)OC3=O)cc2F)CC1. The van der Waals surface area contributed by atoms with Gasteiger partial charge in [0.2, 0.25) is 0 Å². The number of rotatable bonds is 5. The van der Waals surface area contributed by atoms with Crippen LogP contribution in [0.5, 0.6) is 0 Å². The van der Waals surface area contributed by atoms with E-state index in [-0.39, 0.29) is 12.2 Å². The number of likely N-dealkylation sites (tertiary alicyclic amines) is 1. The number of carbonyl (C=O) groups excluding carboxylic acids is 2. The quantitative estimate of drug-likeness (QED) is 0.662. The topological polar surface area (TPSA) is 77.6 Å². The smallest absolute Gasteiger partial charge is 0.414 e. The van der Waals surface area contributed by atoms with Crippen LogP contribution in [-0.2, 0) is 9.47 Å². The maximum absolute atomic E-state index is 14.9.